The van der Waals surface area contributed by atoms with Crippen LogP contribution in [-0.2, 0) is 0 Å². The molecule has 0 spiro atoms. The van der Waals surface area contributed by atoms with Crippen molar-refractivity contribution in [3.63, 3.8) is 0 Å². The first-order chi connectivity index (χ1) is 9.03. The Labute approximate surface area is 130 Å². The maximum atomic E-state index is 2.50. The van der Waals surface area contributed by atoms with E-state index in [0.717, 1.165) is 35.5 Å². The van der Waals surface area contributed by atoms with Gasteiger partial charge in [-0.25, -0.2) is 0 Å². The highest BCUT2D eigenvalue weighted by Gasteiger charge is 2.35. The standard InChI is InChI=1S/C20H42/c1-11-15(4)12-17(6)19(8)20(9,10)18(7)13-16(5)14(2)3/h14-19H,11-13H2,1-10H3. The molecule has 0 aromatic heterocycles. The summed E-state index contributed by atoms with van der Waals surface area (Å²) in [5.41, 5.74) is 0.441. The van der Waals surface area contributed by atoms with Crippen LogP contribution in [0.5, 0.6) is 0 Å². The van der Waals surface area contributed by atoms with E-state index >= 15 is 0 Å². The van der Waals surface area contributed by atoms with Gasteiger partial charge in [0.15, 0.2) is 0 Å². The van der Waals surface area contributed by atoms with Crippen molar-refractivity contribution in [1.82, 2.24) is 0 Å². The fourth-order valence-corrected chi connectivity index (χ4v) is 3.32. The van der Waals surface area contributed by atoms with E-state index in [4.69, 9.17) is 0 Å². The summed E-state index contributed by atoms with van der Waals surface area (Å²) in [5.74, 6) is 4.94. The predicted octanol–water partition coefficient (Wildman–Crippen LogP) is 7.04. The van der Waals surface area contributed by atoms with Crippen LogP contribution in [0.3, 0.4) is 0 Å². The highest BCUT2D eigenvalue weighted by molar-refractivity contribution is 4.85. The zero-order chi connectivity index (χ0) is 16.1. The van der Waals surface area contributed by atoms with Gasteiger partial charge in [-0.3, -0.25) is 0 Å². The Bertz CT molecular complexity index is 251. The summed E-state index contributed by atoms with van der Waals surface area (Å²) in [6, 6.07) is 0. The molecule has 0 aliphatic heterocycles. The molecule has 0 N–H and O–H groups in total. The minimum Gasteiger partial charge on any atom is -0.0651 e. The van der Waals surface area contributed by atoms with E-state index in [9.17, 15) is 0 Å². The van der Waals surface area contributed by atoms with Crippen LogP contribution in [0.25, 0.3) is 0 Å². The first-order valence-electron chi connectivity index (χ1n) is 9.03. The molecule has 20 heavy (non-hydrogen) atoms. The summed E-state index contributed by atoms with van der Waals surface area (Å²) in [6.45, 7) is 24.3. The van der Waals surface area contributed by atoms with Crippen LogP contribution in [0.15, 0.2) is 0 Å². The van der Waals surface area contributed by atoms with E-state index in [1.165, 1.54) is 19.3 Å². The minimum atomic E-state index is 0.441. The maximum absolute atomic E-state index is 2.50. The molecule has 0 bridgehead atoms. The Kier molecular flexibility index (Phi) is 8.44. The molecule has 5 unspecified atom stereocenters. The van der Waals surface area contributed by atoms with E-state index < -0.39 is 0 Å². The lowest BCUT2D eigenvalue weighted by atomic mass is 9.63. The van der Waals surface area contributed by atoms with Gasteiger partial charge in [-0.15, -0.1) is 0 Å². The van der Waals surface area contributed by atoms with Crippen LogP contribution >= 0.6 is 0 Å². The largest absolute Gasteiger partial charge is 0.0651 e. The zero-order valence-corrected chi connectivity index (χ0v) is 16.1. The van der Waals surface area contributed by atoms with E-state index in [2.05, 4.69) is 69.2 Å². The fraction of sp³-hybridized carbons (Fsp3) is 1.00. The van der Waals surface area contributed by atoms with Crippen molar-refractivity contribution in [1.29, 1.82) is 0 Å². The Morgan fingerprint density at radius 3 is 1.65 bits per heavy atom. The maximum Gasteiger partial charge on any atom is -0.0300 e. The van der Waals surface area contributed by atoms with Gasteiger partial charge in [0.2, 0.25) is 0 Å². The molecule has 0 saturated heterocycles. The lowest BCUT2D eigenvalue weighted by Crippen LogP contribution is -2.35. The molecule has 0 aliphatic carbocycles. The lowest BCUT2D eigenvalue weighted by molar-refractivity contribution is 0.0677. The van der Waals surface area contributed by atoms with Crippen molar-refractivity contribution in [2.45, 2.75) is 88.5 Å². The highest BCUT2D eigenvalue weighted by atomic mass is 14.4. The molecule has 0 fully saturated rings. The minimum absolute atomic E-state index is 0.441. The lowest BCUT2D eigenvalue weighted by Gasteiger charge is -2.42. The van der Waals surface area contributed by atoms with Crippen LogP contribution in [0.4, 0.5) is 0 Å². The normalized spacial score (nSPS) is 20.6. The Morgan fingerprint density at radius 2 is 1.25 bits per heavy atom. The van der Waals surface area contributed by atoms with Crippen LogP contribution < -0.4 is 0 Å². The molecule has 0 aliphatic rings. The van der Waals surface area contributed by atoms with Crippen molar-refractivity contribution in [3.8, 4) is 0 Å². The summed E-state index contributed by atoms with van der Waals surface area (Å²) in [7, 11) is 0. The van der Waals surface area contributed by atoms with Gasteiger partial charge in [-0.2, -0.15) is 0 Å². The Balaban J connectivity index is 4.66. The molecule has 0 amide bonds. The van der Waals surface area contributed by atoms with E-state index in [1.54, 1.807) is 0 Å². The summed E-state index contributed by atoms with van der Waals surface area (Å²) in [4.78, 5) is 0. The van der Waals surface area contributed by atoms with Crippen molar-refractivity contribution in [2.24, 2.45) is 40.9 Å². The van der Waals surface area contributed by atoms with Gasteiger partial charge in [0, 0.05) is 0 Å². The molecular formula is C20H42. The van der Waals surface area contributed by atoms with Crippen molar-refractivity contribution in [3.05, 3.63) is 0 Å². The third-order valence-electron chi connectivity index (χ3n) is 6.63. The topological polar surface area (TPSA) is 0 Å². The first-order valence-corrected chi connectivity index (χ1v) is 9.03. The second kappa shape index (κ2) is 8.44. The molecule has 0 aromatic carbocycles. The molecule has 0 nitrogen and oxygen atoms in total. The van der Waals surface area contributed by atoms with E-state index in [0.29, 0.717) is 5.41 Å². The van der Waals surface area contributed by atoms with E-state index in [1.807, 2.05) is 0 Å². The summed E-state index contributed by atoms with van der Waals surface area (Å²) < 4.78 is 0. The second-order valence-electron chi connectivity index (χ2n) is 8.69. The predicted molar refractivity (Wildman–Crippen MR) is 94.0 cm³/mol. The SMILES string of the molecule is CCC(C)CC(C)C(C)C(C)(C)C(C)CC(C)C(C)C. The fourth-order valence-electron chi connectivity index (χ4n) is 3.32. The quantitative estimate of drug-likeness (QED) is 0.425. The van der Waals surface area contributed by atoms with Gasteiger partial charge in [0.25, 0.3) is 0 Å². The van der Waals surface area contributed by atoms with Gasteiger partial charge >= 0.3 is 0 Å². The molecular weight excluding hydrogens is 240 g/mol. The molecule has 0 aromatic rings. The monoisotopic (exact) mass is 282 g/mol. The molecule has 0 heteroatoms. The molecule has 0 heterocycles. The van der Waals surface area contributed by atoms with Crippen molar-refractivity contribution in [2.75, 3.05) is 0 Å². The number of hydrogen-bond acceptors (Lipinski definition) is 0. The smallest absolute Gasteiger partial charge is 0.0300 e. The molecule has 0 saturated carbocycles. The van der Waals surface area contributed by atoms with Crippen LogP contribution in [0, 0.1) is 40.9 Å². The van der Waals surface area contributed by atoms with Crippen LogP contribution in [-0.4, -0.2) is 0 Å². The summed E-state index contributed by atoms with van der Waals surface area (Å²) in [5, 5.41) is 0. The first kappa shape index (κ1) is 20.0. The summed E-state index contributed by atoms with van der Waals surface area (Å²) in [6.07, 6.45) is 4.07. The molecule has 0 radical (unpaired) electrons. The van der Waals surface area contributed by atoms with Gasteiger partial charge in [0.1, 0.15) is 0 Å². The van der Waals surface area contributed by atoms with Crippen LogP contribution in [0.2, 0.25) is 0 Å². The number of hydrogen-bond donors (Lipinski definition) is 0. The Morgan fingerprint density at radius 1 is 0.750 bits per heavy atom. The van der Waals surface area contributed by atoms with Gasteiger partial charge in [-0.05, 0) is 53.8 Å². The number of rotatable bonds is 9. The van der Waals surface area contributed by atoms with E-state index in [-0.39, 0.29) is 0 Å². The average Bonchev–Trinajstić information content (AvgIpc) is 2.36. The molecule has 0 rings (SSSR count). The van der Waals surface area contributed by atoms with Crippen LogP contribution in [0.1, 0.15) is 88.5 Å². The zero-order valence-electron chi connectivity index (χ0n) is 16.1. The van der Waals surface area contributed by atoms with Gasteiger partial charge < -0.3 is 0 Å². The molecule has 122 valence electrons. The van der Waals surface area contributed by atoms with Crippen molar-refractivity contribution < 1.29 is 0 Å². The van der Waals surface area contributed by atoms with Crippen molar-refractivity contribution >= 4 is 0 Å². The van der Waals surface area contributed by atoms with Gasteiger partial charge in [-0.1, -0.05) is 75.7 Å². The Hall–Kier alpha value is 0. The van der Waals surface area contributed by atoms with Gasteiger partial charge in [0.05, 0.1) is 0 Å². The third-order valence-corrected chi connectivity index (χ3v) is 6.63. The summed E-state index contributed by atoms with van der Waals surface area (Å²) >= 11 is 0. The average molecular weight is 283 g/mol. The highest BCUT2D eigenvalue weighted by Crippen LogP contribution is 2.44. The third kappa shape index (κ3) is 5.78. The second-order valence-corrected chi connectivity index (χ2v) is 8.69. The molecule has 5 atom stereocenters.